The fourth-order valence-electron chi connectivity index (χ4n) is 11.7. The molecule has 0 fully saturated rings. The molecule has 14 rings (SSSR count). The lowest BCUT2D eigenvalue weighted by Crippen LogP contribution is -2.28. The van der Waals surface area contributed by atoms with Crippen LogP contribution in [0.3, 0.4) is 0 Å². The molecule has 0 aliphatic heterocycles. The topological polar surface area (TPSA) is 9.86 Å². The van der Waals surface area contributed by atoms with E-state index in [1.165, 1.54) is 116 Å². The van der Waals surface area contributed by atoms with Crippen LogP contribution in [0.25, 0.3) is 99.1 Å². The first-order chi connectivity index (χ1) is 33.3. The van der Waals surface area contributed by atoms with Gasteiger partial charge in [0.1, 0.15) is 0 Å². The van der Waals surface area contributed by atoms with Crippen molar-refractivity contribution in [2.24, 2.45) is 0 Å². The van der Waals surface area contributed by atoms with Crippen molar-refractivity contribution in [1.82, 2.24) is 9.13 Å². The van der Waals surface area contributed by atoms with E-state index in [-0.39, 0.29) is 0 Å². The molecule has 0 amide bonds. The van der Waals surface area contributed by atoms with E-state index in [0.29, 0.717) is 0 Å². The maximum Gasteiger partial charge on any atom is 0.0713 e. The van der Waals surface area contributed by atoms with Gasteiger partial charge in [0, 0.05) is 32.6 Å². The second-order valence-electron chi connectivity index (χ2n) is 18.0. The number of rotatable bonds is 6. The molecule has 0 bridgehead atoms. The Morgan fingerprint density at radius 3 is 1.58 bits per heavy atom. The third-order valence-electron chi connectivity index (χ3n) is 14.6. The van der Waals surface area contributed by atoms with Gasteiger partial charge in [-0.1, -0.05) is 200 Å². The van der Waals surface area contributed by atoms with E-state index in [1.54, 1.807) is 0 Å². The van der Waals surface area contributed by atoms with E-state index in [2.05, 4.69) is 264 Å². The molecule has 2 aromatic heterocycles. The highest BCUT2D eigenvalue weighted by Gasteiger charge is 2.47. The lowest BCUT2D eigenvalue weighted by atomic mass is 9.67. The molecule has 312 valence electrons. The Kier molecular flexibility index (Phi) is 8.23. The van der Waals surface area contributed by atoms with Crippen LogP contribution in [0.5, 0.6) is 0 Å². The molecule has 0 N–H and O–H groups in total. The second kappa shape index (κ2) is 14.7. The maximum atomic E-state index is 2.48. The molecule has 1 aliphatic rings. The molecular weight excluding hydrogens is 809 g/mol. The minimum Gasteiger partial charge on any atom is -0.309 e. The van der Waals surface area contributed by atoms with Gasteiger partial charge >= 0.3 is 0 Å². The summed E-state index contributed by atoms with van der Waals surface area (Å²) < 4.78 is 4.93. The summed E-state index contributed by atoms with van der Waals surface area (Å²) >= 11 is 0. The van der Waals surface area contributed by atoms with Crippen molar-refractivity contribution < 1.29 is 0 Å². The Labute approximate surface area is 388 Å². The zero-order valence-electron chi connectivity index (χ0n) is 36.6. The van der Waals surface area contributed by atoms with Gasteiger partial charge in [-0.05, 0) is 116 Å². The van der Waals surface area contributed by atoms with Crippen molar-refractivity contribution in [3.05, 3.63) is 277 Å². The summed E-state index contributed by atoms with van der Waals surface area (Å²) in [6.07, 6.45) is 0. The number of para-hydroxylation sites is 1. The zero-order valence-corrected chi connectivity index (χ0v) is 36.6. The van der Waals surface area contributed by atoms with Gasteiger partial charge < -0.3 is 9.13 Å². The fraction of sp³-hybridized carbons (Fsp3) is 0.0154. The van der Waals surface area contributed by atoms with Gasteiger partial charge in [0.2, 0.25) is 0 Å². The Hall–Kier alpha value is -8.72. The summed E-state index contributed by atoms with van der Waals surface area (Å²) in [6, 6.07) is 94.4. The number of benzene rings is 11. The minimum absolute atomic E-state index is 0.505. The predicted molar refractivity (Wildman–Crippen MR) is 281 cm³/mol. The average molecular weight is 851 g/mol. The summed E-state index contributed by atoms with van der Waals surface area (Å²) in [5, 5.41) is 7.48. The predicted octanol–water partition coefficient (Wildman–Crippen LogP) is 16.7. The molecule has 0 atom stereocenters. The average Bonchev–Trinajstić information content (AvgIpc) is 4.03. The molecule has 1 aliphatic carbocycles. The molecule has 13 aromatic rings. The van der Waals surface area contributed by atoms with Crippen molar-refractivity contribution in [2.45, 2.75) is 5.41 Å². The van der Waals surface area contributed by atoms with Crippen LogP contribution in [0.15, 0.2) is 255 Å². The minimum atomic E-state index is -0.505. The summed E-state index contributed by atoms with van der Waals surface area (Å²) in [6.45, 7) is 0. The molecular formula is C65H42N2. The van der Waals surface area contributed by atoms with Gasteiger partial charge in [0.25, 0.3) is 0 Å². The zero-order chi connectivity index (χ0) is 44.1. The molecule has 11 aromatic carbocycles. The van der Waals surface area contributed by atoms with Crippen LogP contribution in [-0.2, 0) is 5.41 Å². The van der Waals surface area contributed by atoms with Crippen LogP contribution in [-0.4, -0.2) is 9.13 Å². The summed E-state index contributed by atoms with van der Waals surface area (Å²) in [7, 11) is 0. The van der Waals surface area contributed by atoms with E-state index >= 15 is 0 Å². The van der Waals surface area contributed by atoms with Crippen molar-refractivity contribution in [3.63, 3.8) is 0 Å². The van der Waals surface area contributed by atoms with Gasteiger partial charge in [-0.25, -0.2) is 0 Å². The van der Waals surface area contributed by atoms with E-state index in [1.807, 2.05) is 0 Å². The quantitative estimate of drug-likeness (QED) is 0.158. The third kappa shape index (κ3) is 5.45. The van der Waals surface area contributed by atoms with Gasteiger partial charge in [-0.3, -0.25) is 0 Å². The fourth-order valence-corrected chi connectivity index (χ4v) is 11.7. The molecule has 2 nitrogen and oxygen atoms in total. The van der Waals surface area contributed by atoms with Crippen LogP contribution in [0.2, 0.25) is 0 Å². The number of hydrogen-bond acceptors (Lipinski definition) is 0. The SMILES string of the molecule is c1ccc(-c2ccc(-n3c4ccc(-c5ccc6c(c5)c5ccccc5n6-c5cccc6ccccc56)cc4c4c5c(ccc43)C(c3ccccc3)(c3ccccc3)c3ccccc3-5)cc2)cc1. The first-order valence-corrected chi connectivity index (χ1v) is 23.3. The summed E-state index contributed by atoms with van der Waals surface area (Å²) in [5.74, 6) is 0. The van der Waals surface area contributed by atoms with Crippen molar-refractivity contribution in [1.29, 1.82) is 0 Å². The smallest absolute Gasteiger partial charge is 0.0713 e. The number of nitrogens with zero attached hydrogens (tertiary/aromatic N) is 2. The highest BCUT2D eigenvalue weighted by molar-refractivity contribution is 6.19. The largest absolute Gasteiger partial charge is 0.309 e. The van der Waals surface area contributed by atoms with Gasteiger partial charge in [0.15, 0.2) is 0 Å². The molecule has 0 radical (unpaired) electrons. The van der Waals surface area contributed by atoms with Gasteiger partial charge in [-0.15, -0.1) is 0 Å². The van der Waals surface area contributed by atoms with E-state index < -0.39 is 5.41 Å². The van der Waals surface area contributed by atoms with Gasteiger partial charge in [0.05, 0.1) is 33.2 Å². The van der Waals surface area contributed by atoms with Crippen LogP contribution < -0.4 is 0 Å². The molecule has 0 saturated heterocycles. The first-order valence-electron chi connectivity index (χ1n) is 23.3. The van der Waals surface area contributed by atoms with Crippen LogP contribution in [0, 0.1) is 0 Å². The Bertz CT molecular complexity index is 4020. The maximum absolute atomic E-state index is 2.48. The van der Waals surface area contributed by atoms with E-state index in [4.69, 9.17) is 0 Å². The van der Waals surface area contributed by atoms with Crippen LogP contribution in [0.1, 0.15) is 22.3 Å². The second-order valence-corrected chi connectivity index (χ2v) is 18.0. The molecule has 0 spiro atoms. The Morgan fingerprint density at radius 2 is 0.836 bits per heavy atom. The number of aromatic nitrogens is 2. The van der Waals surface area contributed by atoms with Crippen molar-refractivity contribution >= 4 is 54.4 Å². The number of fused-ring (bicyclic) bond motifs is 11. The summed E-state index contributed by atoms with van der Waals surface area (Å²) in [5.41, 5.74) is 19.1. The lowest BCUT2D eigenvalue weighted by molar-refractivity contribution is 0.769. The highest BCUT2D eigenvalue weighted by atomic mass is 15.0. The molecule has 0 unspecified atom stereocenters. The Morgan fingerprint density at radius 1 is 0.299 bits per heavy atom. The molecule has 2 heterocycles. The summed E-state index contributed by atoms with van der Waals surface area (Å²) in [4.78, 5) is 0. The van der Waals surface area contributed by atoms with E-state index in [0.717, 1.165) is 5.69 Å². The normalized spacial score (nSPS) is 12.9. The van der Waals surface area contributed by atoms with Crippen LogP contribution in [0.4, 0.5) is 0 Å². The molecule has 2 heteroatoms. The molecule has 0 saturated carbocycles. The Balaban J connectivity index is 1.04. The lowest BCUT2D eigenvalue weighted by Gasteiger charge is -2.33. The molecule has 67 heavy (non-hydrogen) atoms. The highest BCUT2D eigenvalue weighted by Crippen LogP contribution is 2.59. The van der Waals surface area contributed by atoms with Crippen molar-refractivity contribution in [3.8, 4) is 44.8 Å². The van der Waals surface area contributed by atoms with Crippen LogP contribution >= 0.6 is 0 Å². The first kappa shape index (κ1) is 37.6. The van der Waals surface area contributed by atoms with Crippen molar-refractivity contribution in [2.75, 3.05) is 0 Å². The van der Waals surface area contributed by atoms with E-state index in [9.17, 15) is 0 Å². The number of hydrogen-bond donors (Lipinski definition) is 0. The standard InChI is InChI=1S/C65H42N2/c1-4-17-43(18-5-1)44-31-35-50(36-32-44)66-61-39-34-47(46-33-38-60-54(41-46)52-26-13-15-29-59(52)67(60)58-30-16-20-45-19-10-11-25-51(45)58)42-55(61)64-62(66)40-37-57-63(64)53-27-12-14-28-56(53)65(57,48-21-6-2-7-22-48)49-23-8-3-9-24-49/h1-42H. The monoisotopic (exact) mass is 850 g/mol. The van der Waals surface area contributed by atoms with Gasteiger partial charge in [-0.2, -0.15) is 0 Å². The third-order valence-corrected chi connectivity index (χ3v) is 14.6.